The first-order chi connectivity index (χ1) is 16.8. The molecule has 2 aromatic rings. The molecule has 2 N–H and O–H groups in total. The van der Waals surface area contributed by atoms with Gasteiger partial charge in [0.05, 0.1) is 29.8 Å². The summed E-state index contributed by atoms with van der Waals surface area (Å²) < 4.78 is 5.53. The van der Waals surface area contributed by atoms with E-state index in [9.17, 15) is 14.7 Å². The van der Waals surface area contributed by atoms with Crippen LogP contribution in [0, 0.1) is 0 Å². The SMILES string of the molecule is CC(C)(C(=O)NCc1cc(C2CCN(C(=O)[C@@H]3C[C@H](O)c4ccccc43)CC2)no1)N1CCCC1. The Kier molecular flexibility index (Phi) is 6.68. The van der Waals surface area contributed by atoms with Crippen LogP contribution in [0.15, 0.2) is 34.9 Å². The summed E-state index contributed by atoms with van der Waals surface area (Å²) in [6, 6.07) is 9.66. The largest absolute Gasteiger partial charge is 0.388 e. The zero-order valence-electron chi connectivity index (χ0n) is 20.7. The van der Waals surface area contributed by atoms with E-state index in [-0.39, 0.29) is 23.7 Å². The fourth-order valence-corrected chi connectivity index (χ4v) is 5.87. The van der Waals surface area contributed by atoms with Crippen molar-refractivity contribution in [1.82, 2.24) is 20.3 Å². The molecule has 2 saturated heterocycles. The first kappa shape index (κ1) is 24.0. The van der Waals surface area contributed by atoms with Crippen LogP contribution >= 0.6 is 0 Å². The van der Waals surface area contributed by atoms with Gasteiger partial charge in [0.1, 0.15) is 0 Å². The lowest BCUT2D eigenvalue weighted by Crippen LogP contribution is -2.53. The molecule has 8 heteroatoms. The Balaban J connectivity index is 1.13. The van der Waals surface area contributed by atoms with Crippen LogP contribution in [0.25, 0.3) is 0 Å². The fourth-order valence-electron chi connectivity index (χ4n) is 5.87. The molecule has 0 spiro atoms. The molecule has 2 amide bonds. The number of fused-ring (bicyclic) bond motifs is 1. The second-order valence-electron chi connectivity index (χ2n) is 10.7. The van der Waals surface area contributed by atoms with Crippen LogP contribution in [-0.4, -0.2) is 63.6 Å². The van der Waals surface area contributed by atoms with Crippen molar-refractivity contribution >= 4 is 11.8 Å². The number of carbonyl (C=O) groups is 2. The minimum absolute atomic E-state index is 0.00257. The number of likely N-dealkylation sites (tertiary alicyclic amines) is 2. The highest BCUT2D eigenvalue weighted by atomic mass is 16.5. The van der Waals surface area contributed by atoms with Crippen LogP contribution in [0.3, 0.4) is 0 Å². The topological polar surface area (TPSA) is 98.9 Å². The van der Waals surface area contributed by atoms with Crippen LogP contribution in [0.4, 0.5) is 0 Å². The lowest BCUT2D eigenvalue weighted by atomic mass is 9.91. The number of benzene rings is 1. The van der Waals surface area contributed by atoms with Gasteiger partial charge in [0.2, 0.25) is 11.8 Å². The third kappa shape index (κ3) is 4.74. The van der Waals surface area contributed by atoms with Crippen LogP contribution in [0.1, 0.15) is 86.5 Å². The monoisotopic (exact) mass is 480 g/mol. The van der Waals surface area contributed by atoms with Gasteiger partial charge >= 0.3 is 0 Å². The minimum Gasteiger partial charge on any atom is -0.388 e. The Hall–Kier alpha value is -2.71. The minimum atomic E-state index is -0.562. The Bertz CT molecular complexity index is 1070. The molecule has 1 aromatic heterocycles. The summed E-state index contributed by atoms with van der Waals surface area (Å²) in [5.41, 5.74) is 2.20. The van der Waals surface area contributed by atoms with Crippen molar-refractivity contribution in [1.29, 1.82) is 0 Å². The highest BCUT2D eigenvalue weighted by Gasteiger charge is 2.38. The standard InChI is InChI=1S/C27H36N4O4/c1-27(2,31-11-5-6-12-31)26(34)28-17-19-15-23(29-35-19)18-9-13-30(14-10-18)25(33)22-16-24(32)21-8-4-3-7-20(21)22/h3-4,7-8,15,18,22,24,32H,5-6,9-14,16-17H2,1-2H3,(H,28,34)/t22-,24+/m1/s1. The molecule has 0 bridgehead atoms. The van der Waals surface area contributed by atoms with E-state index in [0.29, 0.717) is 31.8 Å². The predicted octanol–water partition coefficient (Wildman–Crippen LogP) is 3.09. The van der Waals surface area contributed by atoms with Crippen LogP contribution in [0.5, 0.6) is 0 Å². The number of aromatic nitrogens is 1. The fraction of sp³-hybridized carbons (Fsp3) is 0.593. The molecule has 2 atom stereocenters. The molecule has 0 radical (unpaired) electrons. The summed E-state index contributed by atoms with van der Waals surface area (Å²) >= 11 is 0. The molecule has 3 heterocycles. The highest BCUT2D eigenvalue weighted by Crippen LogP contribution is 2.41. The average Bonchev–Trinajstić information content (AvgIpc) is 3.63. The van der Waals surface area contributed by atoms with Crippen molar-refractivity contribution in [3.05, 3.63) is 52.9 Å². The molecule has 2 fully saturated rings. The summed E-state index contributed by atoms with van der Waals surface area (Å²) in [6.07, 6.45) is 3.83. The van der Waals surface area contributed by atoms with E-state index >= 15 is 0 Å². The van der Waals surface area contributed by atoms with Gasteiger partial charge in [0.25, 0.3) is 0 Å². The number of nitrogens with one attached hydrogen (secondary N) is 1. The van der Waals surface area contributed by atoms with Crippen molar-refractivity contribution in [3.8, 4) is 0 Å². The van der Waals surface area contributed by atoms with Gasteiger partial charge in [-0.05, 0) is 70.2 Å². The molecule has 1 aromatic carbocycles. The van der Waals surface area contributed by atoms with Gasteiger partial charge in [0, 0.05) is 25.1 Å². The zero-order chi connectivity index (χ0) is 24.6. The summed E-state index contributed by atoms with van der Waals surface area (Å²) in [5.74, 6) is 0.736. The van der Waals surface area contributed by atoms with Gasteiger partial charge in [-0.2, -0.15) is 0 Å². The molecule has 1 aliphatic carbocycles. The number of piperidine rings is 1. The van der Waals surface area contributed by atoms with Gasteiger partial charge in [-0.1, -0.05) is 29.4 Å². The molecule has 3 aliphatic rings. The maximum atomic E-state index is 13.2. The lowest BCUT2D eigenvalue weighted by molar-refractivity contribution is -0.134. The average molecular weight is 481 g/mol. The second kappa shape index (κ2) is 9.74. The maximum absolute atomic E-state index is 13.2. The van der Waals surface area contributed by atoms with Crippen molar-refractivity contribution in [2.45, 2.75) is 76.0 Å². The number of amides is 2. The normalized spacial score (nSPS) is 23.5. The second-order valence-corrected chi connectivity index (χ2v) is 10.7. The van der Waals surface area contributed by atoms with Crippen molar-refractivity contribution in [2.24, 2.45) is 0 Å². The maximum Gasteiger partial charge on any atom is 0.240 e. The van der Waals surface area contributed by atoms with Crippen molar-refractivity contribution in [3.63, 3.8) is 0 Å². The number of nitrogens with zero attached hydrogens (tertiary/aromatic N) is 3. The number of hydrogen-bond donors (Lipinski definition) is 2. The first-order valence-corrected chi connectivity index (χ1v) is 12.9. The van der Waals surface area contributed by atoms with E-state index in [2.05, 4.69) is 15.4 Å². The van der Waals surface area contributed by atoms with Gasteiger partial charge in [-0.15, -0.1) is 0 Å². The molecule has 8 nitrogen and oxygen atoms in total. The highest BCUT2D eigenvalue weighted by molar-refractivity contribution is 5.86. The third-order valence-electron chi connectivity index (χ3n) is 8.17. The summed E-state index contributed by atoms with van der Waals surface area (Å²) in [4.78, 5) is 30.1. The van der Waals surface area contributed by atoms with E-state index in [1.165, 1.54) is 0 Å². The van der Waals surface area contributed by atoms with Gasteiger partial charge in [-0.3, -0.25) is 14.5 Å². The number of aliphatic hydroxyl groups excluding tert-OH is 1. The summed E-state index contributed by atoms with van der Waals surface area (Å²) in [5, 5.41) is 17.6. The zero-order valence-corrected chi connectivity index (χ0v) is 20.7. The van der Waals surface area contributed by atoms with Gasteiger partial charge in [0.15, 0.2) is 5.76 Å². The Morgan fingerprint density at radius 1 is 1.11 bits per heavy atom. The smallest absolute Gasteiger partial charge is 0.240 e. The van der Waals surface area contributed by atoms with E-state index in [1.54, 1.807) is 0 Å². The van der Waals surface area contributed by atoms with Crippen molar-refractivity contribution in [2.75, 3.05) is 26.2 Å². The van der Waals surface area contributed by atoms with Crippen molar-refractivity contribution < 1.29 is 19.2 Å². The molecule has 0 saturated carbocycles. The van der Waals surface area contributed by atoms with Crippen LogP contribution in [0.2, 0.25) is 0 Å². The Morgan fingerprint density at radius 3 is 2.51 bits per heavy atom. The van der Waals surface area contributed by atoms with Crippen LogP contribution in [-0.2, 0) is 16.1 Å². The van der Waals surface area contributed by atoms with E-state index in [1.807, 2.05) is 49.1 Å². The molecular weight excluding hydrogens is 444 g/mol. The molecular formula is C27H36N4O4. The molecule has 2 aliphatic heterocycles. The number of carbonyl (C=O) groups excluding carboxylic acids is 2. The summed E-state index contributed by atoms with van der Waals surface area (Å²) in [7, 11) is 0. The van der Waals surface area contributed by atoms with Gasteiger partial charge in [-0.25, -0.2) is 0 Å². The number of rotatable bonds is 6. The van der Waals surface area contributed by atoms with Gasteiger partial charge < -0.3 is 19.8 Å². The van der Waals surface area contributed by atoms with E-state index < -0.39 is 11.6 Å². The Labute approximate surface area is 206 Å². The summed E-state index contributed by atoms with van der Waals surface area (Å²) in [6.45, 7) is 7.52. The molecule has 5 rings (SSSR count). The van der Waals surface area contributed by atoms with E-state index in [0.717, 1.165) is 55.6 Å². The molecule has 35 heavy (non-hydrogen) atoms. The Morgan fingerprint density at radius 2 is 1.80 bits per heavy atom. The quantitative estimate of drug-likeness (QED) is 0.659. The molecule has 188 valence electrons. The predicted molar refractivity (Wildman–Crippen MR) is 131 cm³/mol. The third-order valence-corrected chi connectivity index (χ3v) is 8.17. The van der Waals surface area contributed by atoms with Crippen LogP contribution < -0.4 is 5.32 Å². The first-order valence-electron chi connectivity index (χ1n) is 12.9. The lowest BCUT2D eigenvalue weighted by Gasteiger charge is -2.33. The van der Waals surface area contributed by atoms with E-state index in [4.69, 9.17) is 4.52 Å². The molecule has 0 unspecified atom stereocenters. The number of aliphatic hydroxyl groups is 1. The number of hydrogen-bond acceptors (Lipinski definition) is 6.